The first-order valence-electron chi connectivity index (χ1n) is 6.50. The largest absolute Gasteiger partial charge is 0.493 e. The molecule has 0 spiro atoms. The zero-order valence-electron chi connectivity index (χ0n) is 11.6. The fourth-order valence-corrected chi connectivity index (χ4v) is 1.91. The van der Waals surface area contributed by atoms with Crippen LogP contribution in [0.4, 0.5) is 0 Å². The predicted molar refractivity (Wildman–Crippen MR) is 75.0 cm³/mol. The summed E-state index contributed by atoms with van der Waals surface area (Å²) in [5, 5.41) is 16.7. The zero-order valence-corrected chi connectivity index (χ0v) is 11.6. The molecule has 0 saturated heterocycles. The van der Waals surface area contributed by atoms with Gasteiger partial charge in [-0.25, -0.2) is 0 Å². The number of nitrogens with zero attached hydrogens (tertiary/aromatic N) is 1. The van der Waals surface area contributed by atoms with Crippen molar-refractivity contribution in [2.24, 2.45) is 5.92 Å². The summed E-state index contributed by atoms with van der Waals surface area (Å²) in [4.78, 5) is 0. The average molecular weight is 260 g/mol. The van der Waals surface area contributed by atoms with E-state index in [1.54, 1.807) is 0 Å². The van der Waals surface area contributed by atoms with Crippen molar-refractivity contribution in [3.05, 3.63) is 35.5 Å². The van der Waals surface area contributed by atoms with Crippen LogP contribution in [0.25, 0.3) is 11.3 Å². The van der Waals surface area contributed by atoms with E-state index in [2.05, 4.69) is 24.0 Å². The lowest BCUT2D eigenvalue weighted by molar-refractivity contribution is 0.271. The first-order valence-corrected chi connectivity index (χ1v) is 6.50. The van der Waals surface area contributed by atoms with Gasteiger partial charge in [-0.3, -0.25) is 5.10 Å². The van der Waals surface area contributed by atoms with E-state index in [9.17, 15) is 5.11 Å². The minimum absolute atomic E-state index is 0.0316. The Bertz CT molecular complexity index is 547. The smallest absolute Gasteiger partial charge is 0.128 e. The molecule has 0 atom stereocenters. The van der Waals surface area contributed by atoms with E-state index in [1.807, 2.05) is 31.2 Å². The maximum absolute atomic E-state index is 9.46. The Morgan fingerprint density at radius 3 is 2.74 bits per heavy atom. The molecule has 102 valence electrons. The molecule has 19 heavy (non-hydrogen) atoms. The number of aromatic nitrogens is 2. The second-order valence-electron chi connectivity index (χ2n) is 5.03. The highest BCUT2D eigenvalue weighted by Gasteiger charge is 2.15. The van der Waals surface area contributed by atoms with E-state index in [-0.39, 0.29) is 6.61 Å². The third kappa shape index (κ3) is 2.96. The van der Waals surface area contributed by atoms with Crippen LogP contribution >= 0.6 is 0 Å². The van der Waals surface area contributed by atoms with E-state index >= 15 is 0 Å². The lowest BCUT2D eigenvalue weighted by atomic mass is 10.1. The molecule has 1 aromatic heterocycles. The van der Waals surface area contributed by atoms with Crippen LogP contribution in [0, 0.1) is 12.8 Å². The second-order valence-corrected chi connectivity index (χ2v) is 5.03. The van der Waals surface area contributed by atoms with Gasteiger partial charge in [-0.1, -0.05) is 26.0 Å². The number of nitrogens with one attached hydrogen (secondary N) is 1. The number of aromatic amines is 1. The van der Waals surface area contributed by atoms with E-state index in [0.29, 0.717) is 12.5 Å². The first-order chi connectivity index (χ1) is 9.13. The van der Waals surface area contributed by atoms with Gasteiger partial charge in [0.15, 0.2) is 0 Å². The van der Waals surface area contributed by atoms with Crippen molar-refractivity contribution in [3.63, 3.8) is 0 Å². The molecule has 0 fully saturated rings. The number of rotatable bonds is 5. The molecular weight excluding hydrogens is 240 g/mol. The summed E-state index contributed by atoms with van der Waals surface area (Å²) in [5.74, 6) is 1.27. The highest BCUT2D eigenvalue weighted by Crippen LogP contribution is 2.32. The van der Waals surface area contributed by atoms with E-state index in [0.717, 1.165) is 28.3 Å². The molecule has 0 aliphatic rings. The van der Waals surface area contributed by atoms with Crippen LogP contribution in [0.1, 0.15) is 25.1 Å². The first kappa shape index (κ1) is 13.6. The zero-order chi connectivity index (χ0) is 13.8. The van der Waals surface area contributed by atoms with Crippen LogP contribution in [0.15, 0.2) is 24.3 Å². The van der Waals surface area contributed by atoms with Gasteiger partial charge in [0.1, 0.15) is 11.4 Å². The molecule has 0 bridgehead atoms. The summed E-state index contributed by atoms with van der Waals surface area (Å²) in [6.45, 7) is 6.76. The van der Waals surface area contributed by atoms with Crippen LogP contribution in [0.2, 0.25) is 0 Å². The number of para-hydroxylation sites is 1. The van der Waals surface area contributed by atoms with Gasteiger partial charge in [-0.2, -0.15) is 5.10 Å². The Labute approximate surface area is 113 Å². The molecule has 2 rings (SSSR count). The molecular formula is C15H20N2O2. The number of aliphatic hydroxyl groups excluding tert-OH is 1. The molecule has 0 saturated carbocycles. The molecule has 0 unspecified atom stereocenters. The fraction of sp³-hybridized carbons (Fsp3) is 0.400. The summed E-state index contributed by atoms with van der Waals surface area (Å²) >= 11 is 0. The van der Waals surface area contributed by atoms with Gasteiger partial charge in [0.05, 0.1) is 13.2 Å². The van der Waals surface area contributed by atoms with Crippen molar-refractivity contribution in [2.45, 2.75) is 27.4 Å². The average Bonchev–Trinajstić information content (AvgIpc) is 2.77. The summed E-state index contributed by atoms with van der Waals surface area (Å²) in [5.41, 5.74) is 3.38. The second kappa shape index (κ2) is 5.89. The number of hydrogen-bond acceptors (Lipinski definition) is 3. The molecule has 0 amide bonds. The SMILES string of the molecule is Cc1[nH]nc(-c2ccccc2OCC(C)C)c1CO. The molecule has 2 aromatic rings. The highest BCUT2D eigenvalue weighted by atomic mass is 16.5. The lowest BCUT2D eigenvalue weighted by Gasteiger charge is -2.12. The van der Waals surface area contributed by atoms with Gasteiger partial charge in [0, 0.05) is 16.8 Å². The van der Waals surface area contributed by atoms with Crippen molar-refractivity contribution >= 4 is 0 Å². The topological polar surface area (TPSA) is 58.1 Å². The van der Waals surface area contributed by atoms with Crippen LogP contribution in [0.5, 0.6) is 5.75 Å². The molecule has 2 N–H and O–H groups in total. The molecule has 1 heterocycles. The number of aryl methyl sites for hydroxylation is 1. The van der Waals surface area contributed by atoms with Gasteiger partial charge in [0.2, 0.25) is 0 Å². The number of hydrogen-bond donors (Lipinski definition) is 2. The van der Waals surface area contributed by atoms with Crippen molar-refractivity contribution in [1.82, 2.24) is 10.2 Å². The van der Waals surface area contributed by atoms with Crippen molar-refractivity contribution in [2.75, 3.05) is 6.61 Å². The number of benzene rings is 1. The fourth-order valence-electron chi connectivity index (χ4n) is 1.91. The van der Waals surface area contributed by atoms with Crippen molar-refractivity contribution in [3.8, 4) is 17.0 Å². The standard InChI is InChI=1S/C15H20N2O2/c1-10(2)9-19-14-7-5-4-6-12(14)15-13(8-18)11(3)16-17-15/h4-7,10,18H,8-9H2,1-3H3,(H,16,17). The minimum atomic E-state index is -0.0316. The van der Waals surface area contributed by atoms with Crippen LogP contribution < -0.4 is 4.74 Å². The van der Waals surface area contributed by atoms with Crippen LogP contribution in [-0.2, 0) is 6.61 Å². The van der Waals surface area contributed by atoms with Gasteiger partial charge in [0.25, 0.3) is 0 Å². The summed E-state index contributed by atoms with van der Waals surface area (Å²) < 4.78 is 5.83. The Kier molecular flexibility index (Phi) is 4.22. The minimum Gasteiger partial charge on any atom is -0.493 e. The third-order valence-electron chi connectivity index (χ3n) is 2.95. The van der Waals surface area contributed by atoms with Gasteiger partial charge >= 0.3 is 0 Å². The van der Waals surface area contributed by atoms with E-state index in [1.165, 1.54) is 0 Å². The van der Waals surface area contributed by atoms with Gasteiger partial charge < -0.3 is 9.84 Å². The number of H-pyrrole nitrogens is 1. The maximum atomic E-state index is 9.46. The van der Waals surface area contributed by atoms with E-state index in [4.69, 9.17) is 4.74 Å². The predicted octanol–water partition coefficient (Wildman–Crippen LogP) is 2.91. The maximum Gasteiger partial charge on any atom is 0.128 e. The van der Waals surface area contributed by atoms with Crippen LogP contribution in [-0.4, -0.2) is 21.9 Å². The van der Waals surface area contributed by atoms with E-state index < -0.39 is 0 Å². The Hall–Kier alpha value is -1.81. The molecule has 0 radical (unpaired) electrons. The lowest BCUT2D eigenvalue weighted by Crippen LogP contribution is -2.05. The quantitative estimate of drug-likeness (QED) is 0.869. The monoisotopic (exact) mass is 260 g/mol. The normalized spacial score (nSPS) is 11.0. The third-order valence-corrected chi connectivity index (χ3v) is 2.95. The molecule has 0 aliphatic heterocycles. The van der Waals surface area contributed by atoms with Crippen LogP contribution in [0.3, 0.4) is 0 Å². The van der Waals surface area contributed by atoms with Crippen molar-refractivity contribution < 1.29 is 9.84 Å². The summed E-state index contributed by atoms with van der Waals surface area (Å²) in [6.07, 6.45) is 0. The summed E-state index contributed by atoms with van der Waals surface area (Å²) in [6, 6.07) is 7.79. The molecule has 0 aliphatic carbocycles. The van der Waals surface area contributed by atoms with Gasteiger partial charge in [-0.05, 0) is 25.0 Å². The highest BCUT2D eigenvalue weighted by molar-refractivity contribution is 5.70. The Morgan fingerprint density at radius 1 is 1.32 bits per heavy atom. The molecule has 4 nitrogen and oxygen atoms in total. The Morgan fingerprint density at radius 2 is 2.05 bits per heavy atom. The molecule has 1 aromatic carbocycles. The summed E-state index contributed by atoms with van der Waals surface area (Å²) in [7, 11) is 0. The number of aliphatic hydroxyl groups is 1. The molecule has 4 heteroatoms. The van der Waals surface area contributed by atoms with Crippen molar-refractivity contribution in [1.29, 1.82) is 0 Å². The van der Waals surface area contributed by atoms with Gasteiger partial charge in [-0.15, -0.1) is 0 Å². The Balaban J connectivity index is 2.38. The number of ether oxygens (including phenoxy) is 1.